The highest BCUT2D eigenvalue weighted by molar-refractivity contribution is 5.36. The lowest BCUT2D eigenvalue weighted by Gasteiger charge is -2.20. The van der Waals surface area contributed by atoms with Crippen LogP contribution in [0, 0.1) is 19.8 Å². The van der Waals surface area contributed by atoms with E-state index in [-0.39, 0.29) is 6.10 Å². The monoisotopic (exact) mass is 236 g/mol. The SMILES string of the molecule is CNCc1c(C)cc(C)nc1OC(C)C(C)C. The molecular weight excluding hydrogens is 212 g/mol. The maximum Gasteiger partial charge on any atom is 0.218 e. The lowest BCUT2D eigenvalue weighted by molar-refractivity contribution is 0.161. The lowest BCUT2D eigenvalue weighted by atomic mass is 10.1. The van der Waals surface area contributed by atoms with Crippen molar-refractivity contribution in [1.29, 1.82) is 0 Å². The van der Waals surface area contributed by atoms with Crippen molar-refractivity contribution in [2.24, 2.45) is 5.92 Å². The molecule has 1 aromatic heterocycles. The molecule has 0 aromatic carbocycles. The van der Waals surface area contributed by atoms with Gasteiger partial charge in [-0.15, -0.1) is 0 Å². The minimum atomic E-state index is 0.180. The van der Waals surface area contributed by atoms with Crippen molar-refractivity contribution in [3.8, 4) is 5.88 Å². The lowest BCUT2D eigenvalue weighted by Crippen LogP contribution is -2.21. The fraction of sp³-hybridized carbons (Fsp3) is 0.643. The summed E-state index contributed by atoms with van der Waals surface area (Å²) in [5.74, 6) is 1.26. The Morgan fingerprint density at radius 1 is 1.29 bits per heavy atom. The van der Waals surface area contributed by atoms with Crippen molar-refractivity contribution in [3.63, 3.8) is 0 Å². The first-order valence-corrected chi connectivity index (χ1v) is 6.24. The molecule has 3 heteroatoms. The topological polar surface area (TPSA) is 34.2 Å². The predicted octanol–water partition coefficient (Wildman–Crippen LogP) is 2.84. The molecule has 1 rings (SSSR count). The third-order valence-corrected chi connectivity index (χ3v) is 3.03. The van der Waals surface area contributed by atoms with Gasteiger partial charge in [-0.1, -0.05) is 13.8 Å². The van der Waals surface area contributed by atoms with Gasteiger partial charge in [0, 0.05) is 17.8 Å². The van der Waals surface area contributed by atoms with Crippen molar-refractivity contribution in [1.82, 2.24) is 10.3 Å². The Morgan fingerprint density at radius 2 is 1.94 bits per heavy atom. The summed E-state index contributed by atoms with van der Waals surface area (Å²) in [6.45, 7) is 11.3. The summed E-state index contributed by atoms with van der Waals surface area (Å²) in [6, 6.07) is 2.10. The number of aryl methyl sites for hydroxylation is 2. The molecular formula is C14H24N2O. The van der Waals surface area contributed by atoms with Gasteiger partial charge in [0.25, 0.3) is 0 Å². The fourth-order valence-corrected chi connectivity index (χ4v) is 1.63. The van der Waals surface area contributed by atoms with E-state index in [1.807, 2.05) is 14.0 Å². The summed E-state index contributed by atoms with van der Waals surface area (Å²) in [7, 11) is 1.94. The van der Waals surface area contributed by atoms with E-state index in [1.54, 1.807) is 0 Å². The molecule has 3 nitrogen and oxygen atoms in total. The third kappa shape index (κ3) is 3.70. The Labute approximate surface area is 105 Å². The molecule has 96 valence electrons. The Hall–Kier alpha value is -1.09. The van der Waals surface area contributed by atoms with Gasteiger partial charge in [0.2, 0.25) is 5.88 Å². The van der Waals surface area contributed by atoms with Gasteiger partial charge in [-0.2, -0.15) is 0 Å². The quantitative estimate of drug-likeness (QED) is 0.853. The van der Waals surface area contributed by atoms with Crippen molar-refractivity contribution in [2.75, 3.05) is 7.05 Å². The van der Waals surface area contributed by atoms with Crippen LogP contribution >= 0.6 is 0 Å². The second-order valence-electron chi connectivity index (χ2n) is 4.96. The number of hydrogen-bond donors (Lipinski definition) is 1. The Morgan fingerprint density at radius 3 is 2.47 bits per heavy atom. The molecule has 1 aromatic rings. The molecule has 0 saturated carbocycles. The van der Waals surface area contributed by atoms with E-state index in [1.165, 1.54) is 5.56 Å². The van der Waals surface area contributed by atoms with Crippen LogP contribution < -0.4 is 10.1 Å². The molecule has 0 spiro atoms. The average Bonchev–Trinajstić information content (AvgIpc) is 2.22. The number of nitrogens with zero attached hydrogens (tertiary/aromatic N) is 1. The first-order chi connectivity index (χ1) is 7.95. The van der Waals surface area contributed by atoms with Gasteiger partial charge >= 0.3 is 0 Å². The zero-order chi connectivity index (χ0) is 13.0. The van der Waals surface area contributed by atoms with E-state index < -0.39 is 0 Å². The van der Waals surface area contributed by atoms with E-state index in [2.05, 4.69) is 44.1 Å². The van der Waals surface area contributed by atoms with Crippen LogP contribution in [0.25, 0.3) is 0 Å². The number of ether oxygens (including phenoxy) is 1. The minimum Gasteiger partial charge on any atom is -0.474 e. The van der Waals surface area contributed by atoms with E-state index in [0.29, 0.717) is 5.92 Å². The summed E-state index contributed by atoms with van der Waals surface area (Å²) in [6.07, 6.45) is 0.180. The molecule has 0 aliphatic rings. The van der Waals surface area contributed by atoms with E-state index in [4.69, 9.17) is 4.74 Å². The Bertz CT molecular complexity index is 375. The van der Waals surface area contributed by atoms with Gasteiger partial charge < -0.3 is 10.1 Å². The van der Waals surface area contributed by atoms with Gasteiger partial charge in [0.05, 0.1) is 6.10 Å². The van der Waals surface area contributed by atoms with Gasteiger partial charge in [-0.05, 0) is 45.4 Å². The van der Waals surface area contributed by atoms with Crippen LogP contribution in [0.5, 0.6) is 5.88 Å². The van der Waals surface area contributed by atoms with E-state index >= 15 is 0 Å². The predicted molar refractivity (Wildman–Crippen MR) is 71.4 cm³/mol. The van der Waals surface area contributed by atoms with Crippen LogP contribution in [0.2, 0.25) is 0 Å². The molecule has 17 heavy (non-hydrogen) atoms. The molecule has 0 saturated heterocycles. The molecule has 0 fully saturated rings. The average molecular weight is 236 g/mol. The maximum absolute atomic E-state index is 5.97. The summed E-state index contributed by atoms with van der Waals surface area (Å²) < 4.78 is 5.97. The molecule has 1 N–H and O–H groups in total. The molecule has 0 aliphatic heterocycles. The van der Waals surface area contributed by atoms with Gasteiger partial charge in [0.15, 0.2) is 0 Å². The van der Waals surface area contributed by atoms with E-state index in [0.717, 1.165) is 23.7 Å². The van der Waals surface area contributed by atoms with Crippen molar-refractivity contribution >= 4 is 0 Å². The summed E-state index contributed by atoms with van der Waals surface area (Å²) in [5.41, 5.74) is 3.40. The maximum atomic E-state index is 5.97. The van der Waals surface area contributed by atoms with Crippen molar-refractivity contribution in [2.45, 2.75) is 47.3 Å². The molecule has 0 aliphatic carbocycles. The molecule has 1 unspecified atom stereocenters. The minimum absolute atomic E-state index is 0.180. The Balaban J connectivity index is 3.03. The number of rotatable bonds is 5. The first-order valence-electron chi connectivity index (χ1n) is 6.24. The standard InChI is InChI=1S/C14H24N2O/c1-9(2)12(5)17-14-13(8-15-6)10(3)7-11(4)16-14/h7,9,12,15H,8H2,1-6H3. The van der Waals surface area contributed by atoms with Gasteiger partial charge in [-0.3, -0.25) is 0 Å². The third-order valence-electron chi connectivity index (χ3n) is 3.03. The van der Waals surface area contributed by atoms with Crippen LogP contribution in [0.4, 0.5) is 0 Å². The van der Waals surface area contributed by atoms with Crippen LogP contribution in [-0.2, 0) is 6.54 Å². The molecule has 0 radical (unpaired) electrons. The number of aromatic nitrogens is 1. The van der Waals surface area contributed by atoms with Crippen molar-refractivity contribution < 1.29 is 4.74 Å². The summed E-state index contributed by atoms with van der Waals surface area (Å²) >= 11 is 0. The van der Waals surface area contributed by atoms with Crippen LogP contribution in [0.15, 0.2) is 6.07 Å². The van der Waals surface area contributed by atoms with Crippen LogP contribution in [-0.4, -0.2) is 18.1 Å². The van der Waals surface area contributed by atoms with Gasteiger partial charge in [-0.25, -0.2) is 4.98 Å². The van der Waals surface area contributed by atoms with Crippen LogP contribution in [0.3, 0.4) is 0 Å². The second-order valence-corrected chi connectivity index (χ2v) is 4.96. The van der Waals surface area contributed by atoms with E-state index in [9.17, 15) is 0 Å². The largest absolute Gasteiger partial charge is 0.474 e. The van der Waals surface area contributed by atoms with Crippen molar-refractivity contribution in [3.05, 3.63) is 22.9 Å². The molecule has 0 bridgehead atoms. The smallest absolute Gasteiger partial charge is 0.218 e. The zero-order valence-electron chi connectivity index (χ0n) is 11.8. The Kier molecular flexibility index (Phi) is 4.94. The number of hydrogen-bond acceptors (Lipinski definition) is 3. The highest BCUT2D eigenvalue weighted by Gasteiger charge is 2.14. The highest BCUT2D eigenvalue weighted by Crippen LogP contribution is 2.23. The van der Waals surface area contributed by atoms with Crippen LogP contribution in [0.1, 0.15) is 37.6 Å². The van der Waals surface area contributed by atoms with Gasteiger partial charge in [0.1, 0.15) is 0 Å². The molecule has 1 atom stereocenters. The summed E-state index contributed by atoms with van der Waals surface area (Å²) in [5, 5.41) is 3.17. The zero-order valence-corrected chi connectivity index (χ0v) is 11.8. The highest BCUT2D eigenvalue weighted by atomic mass is 16.5. The first kappa shape index (κ1) is 14.0. The summed E-state index contributed by atoms with van der Waals surface area (Å²) in [4.78, 5) is 4.51. The number of pyridine rings is 1. The number of nitrogens with one attached hydrogen (secondary N) is 1. The molecule has 0 amide bonds. The normalized spacial score (nSPS) is 12.9. The molecule has 1 heterocycles. The second kappa shape index (κ2) is 6.01. The fourth-order valence-electron chi connectivity index (χ4n) is 1.63.